The van der Waals surface area contributed by atoms with Crippen molar-refractivity contribution >= 4 is 0 Å². The first-order valence-electron chi connectivity index (χ1n) is 7.90. The van der Waals surface area contributed by atoms with Crippen LogP contribution in [-0.2, 0) is 11.3 Å². The summed E-state index contributed by atoms with van der Waals surface area (Å²) in [4.78, 5) is 0. The fourth-order valence-corrected chi connectivity index (χ4v) is 3.28. The van der Waals surface area contributed by atoms with Crippen molar-refractivity contribution in [1.29, 1.82) is 0 Å². The standard InChI is InChI=1S/C17H29NO2/c1-14-12-17(2,3)8-7-16(14)18-9-5-10-19-13-15-6-4-11-20-15/h4,6,11,14,16,18H,5,7-10,12-13H2,1-3H3. The first-order chi connectivity index (χ1) is 9.57. The molecule has 1 aromatic heterocycles. The summed E-state index contributed by atoms with van der Waals surface area (Å²) in [5, 5.41) is 3.70. The van der Waals surface area contributed by atoms with Crippen molar-refractivity contribution in [2.45, 2.75) is 59.1 Å². The molecule has 3 heteroatoms. The number of ether oxygens (including phenoxy) is 1. The van der Waals surface area contributed by atoms with Gasteiger partial charge in [-0.1, -0.05) is 20.8 Å². The maximum atomic E-state index is 5.59. The number of hydrogen-bond donors (Lipinski definition) is 1. The summed E-state index contributed by atoms with van der Waals surface area (Å²) in [7, 11) is 0. The van der Waals surface area contributed by atoms with Gasteiger partial charge >= 0.3 is 0 Å². The van der Waals surface area contributed by atoms with Crippen LogP contribution in [0.15, 0.2) is 22.8 Å². The van der Waals surface area contributed by atoms with Gasteiger partial charge in [0.25, 0.3) is 0 Å². The molecule has 2 rings (SSSR count). The summed E-state index contributed by atoms with van der Waals surface area (Å²) in [6.07, 6.45) is 6.73. The second kappa shape index (κ2) is 7.28. The highest BCUT2D eigenvalue weighted by Gasteiger charge is 2.31. The molecule has 3 nitrogen and oxygen atoms in total. The zero-order valence-corrected chi connectivity index (χ0v) is 13.2. The summed E-state index contributed by atoms with van der Waals surface area (Å²) < 4.78 is 10.8. The molecule has 114 valence electrons. The van der Waals surface area contributed by atoms with Crippen LogP contribution in [0.25, 0.3) is 0 Å². The Morgan fingerprint density at radius 2 is 2.30 bits per heavy atom. The van der Waals surface area contributed by atoms with Gasteiger partial charge in [0.05, 0.1) is 6.26 Å². The van der Waals surface area contributed by atoms with Gasteiger partial charge in [-0.2, -0.15) is 0 Å². The van der Waals surface area contributed by atoms with E-state index in [1.54, 1.807) is 6.26 Å². The smallest absolute Gasteiger partial charge is 0.129 e. The van der Waals surface area contributed by atoms with Crippen LogP contribution in [0.1, 0.15) is 52.2 Å². The lowest BCUT2D eigenvalue weighted by Gasteiger charge is -2.39. The molecule has 0 saturated heterocycles. The van der Waals surface area contributed by atoms with Gasteiger partial charge < -0.3 is 14.5 Å². The highest BCUT2D eigenvalue weighted by atomic mass is 16.5. The summed E-state index contributed by atoms with van der Waals surface area (Å²) in [6, 6.07) is 4.53. The lowest BCUT2D eigenvalue weighted by atomic mass is 9.70. The van der Waals surface area contributed by atoms with Gasteiger partial charge in [0.2, 0.25) is 0 Å². The average molecular weight is 279 g/mol. The van der Waals surface area contributed by atoms with Gasteiger partial charge in [-0.25, -0.2) is 0 Å². The Balaban J connectivity index is 1.53. The molecule has 0 amide bonds. The second-order valence-corrected chi connectivity index (χ2v) is 6.93. The minimum Gasteiger partial charge on any atom is -0.467 e. The van der Waals surface area contributed by atoms with E-state index in [0.717, 1.165) is 31.3 Å². The molecule has 2 unspecified atom stereocenters. The highest BCUT2D eigenvalue weighted by molar-refractivity contribution is 4.96. The summed E-state index contributed by atoms with van der Waals surface area (Å²) in [5.74, 6) is 1.68. The van der Waals surface area contributed by atoms with E-state index in [4.69, 9.17) is 9.15 Å². The van der Waals surface area contributed by atoms with E-state index < -0.39 is 0 Å². The summed E-state index contributed by atoms with van der Waals surface area (Å²) >= 11 is 0. The van der Waals surface area contributed by atoms with E-state index in [2.05, 4.69) is 26.1 Å². The number of hydrogen-bond acceptors (Lipinski definition) is 3. The molecule has 1 aliphatic carbocycles. The van der Waals surface area contributed by atoms with Gasteiger partial charge in [-0.3, -0.25) is 0 Å². The molecule has 0 bridgehead atoms. The van der Waals surface area contributed by atoms with Crippen molar-refractivity contribution in [3.63, 3.8) is 0 Å². The van der Waals surface area contributed by atoms with E-state index in [9.17, 15) is 0 Å². The predicted octanol–water partition coefficient (Wildman–Crippen LogP) is 3.99. The third-order valence-electron chi connectivity index (χ3n) is 4.39. The topological polar surface area (TPSA) is 34.4 Å². The van der Waals surface area contributed by atoms with E-state index in [1.807, 2.05) is 12.1 Å². The Morgan fingerprint density at radius 3 is 3.00 bits per heavy atom. The third-order valence-corrected chi connectivity index (χ3v) is 4.39. The fourth-order valence-electron chi connectivity index (χ4n) is 3.28. The van der Waals surface area contributed by atoms with Crippen molar-refractivity contribution in [2.75, 3.05) is 13.2 Å². The van der Waals surface area contributed by atoms with Crippen molar-refractivity contribution in [3.8, 4) is 0 Å². The predicted molar refractivity (Wildman–Crippen MR) is 81.6 cm³/mol. The van der Waals surface area contributed by atoms with Gasteiger partial charge in [-0.15, -0.1) is 0 Å². The lowest BCUT2D eigenvalue weighted by molar-refractivity contribution is 0.100. The number of nitrogens with one attached hydrogen (secondary N) is 1. The van der Waals surface area contributed by atoms with Crippen molar-refractivity contribution in [1.82, 2.24) is 5.32 Å². The molecule has 0 radical (unpaired) electrons. The van der Waals surface area contributed by atoms with Crippen LogP contribution in [0, 0.1) is 11.3 Å². The van der Waals surface area contributed by atoms with E-state index >= 15 is 0 Å². The normalized spacial score (nSPS) is 25.8. The van der Waals surface area contributed by atoms with Crippen LogP contribution in [0.5, 0.6) is 0 Å². The van der Waals surface area contributed by atoms with Crippen LogP contribution >= 0.6 is 0 Å². The molecule has 1 N–H and O–H groups in total. The third kappa shape index (κ3) is 4.95. The molecule has 1 saturated carbocycles. The maximum Gasteiger partial charge on any atom is 0.129 e. The first kappa shape index (κ1) is 15.6. The molecule has 0 aromatic carbocycles. The molecular weight excluding hydrogens is 250 g/mol. The lowest BCUT2D eigenvalue weighted by Crippen LogP contribution is -2.42. The molecule has 0 spiro atoms. The Kier molecular flexibility index (Phi) is 5.67. The van der Waals surface area contributed by atoms with Crippen molar-refractivity contribution in [2.24, 2.45) is 11.3 Å². The highest BCUT2D eigenvalue weighted by Crippen LogP contribution is 2.38. The van der Waals surface area contributed by atoms with Crippen molar-refractivity contribution < 1.29 is 9.15 Å². The van der Waals surface area contributed by atoms with Gasteiger partial charge in [0, 0.05) is 12.6 Å². The number of rotatable bonds is 7. The Bertz CT molecular complexity index is 372. The number of furan rings is 1. The fraction of sp³-hybridized carbons (Fsp3) is 0.765. The molecule has 1 aliphatic rings. The Hall–Kier alpha value is -0.800. The Morgan fingerprint density at radius 1 is 1.45 bits per heavy atom. The van der Waals surface area contributed by atoms with E-state index in [0.29, 0.717) is 18.1 Å². The van der Waals surface area contributed by atoms with Gasteiger partial charge in [0.15, 0.2) is 0 Å². The molecule has 2 atom stereocenters. The minimum absolute atomic E-state index is 0.531. The summed E-state index contributed by atoms with van der Waals surface area (Å²) in [6.45, 7) is 9.59. The molecule has 0 aliphatic heterocycles. The molecule has 1 fully saturated rings. The maximum absolute atomic E-state index is 5.59. The average Bonchev–Trinajstić information content (AvgIpc) is 2.88. The second-order valence-electron chi connectivity index (χ2n) is 6.93. The van der Waals surface area contributed by atoms with Crippen LogP contribution in [-0.4, -0.2) is 19.2 Å². The van der Waals surface area contributed by atoms with Crippen LogP contribution in [0.3, 0.4) is 0 Å². The van der Waals surface area contributed by atoms with Crippen LogP contribution in [0.2, 0.25) is 0 Å². The van der Waals surface area contributed by atoms with E-state index in [1.165, 1.54) is 19.3 Å². The minimum atomic E-state index is 0.531. The zero-order chi connectivity index (χ0) is 14.4. The molecule has 20 heavy (non-hydrogen) atoms. The van der Waals surface area contributed by atoms with Gasteiger partial charge in [-0.05, 0) is 55.7 Å². The van der Waals surface area contributed by atoms with Crippen LogP contribution < -0.4 is 5.32 Å². The first-order valence-corrected chi connectivity index (χ1v) is 7.90. The monoisotopic (exact) mass is 279 g/mol. The van der Waals surface area contributed by atoms with Crippen LogP contribution in [0.4, 0.5) is 0 Å². The summed E-state index contributed by atoms with van der Waals surface area (Å²) in [5.41, 5.74) is 0.531. The zero-order valence-electron chi connectivity index (χ0n) is 13.2. The largest absolute Gasteiger partial charge is 0.467 e. The van der Waals surface area contributed by atoms with Gasteiger partial charge in [0.1, 0.15) is 12.4 Å². The SMILES string of the molecule is CC1CC(C)(C)CCC1NCCCOCc1ccco1. The van der Waals surface area contributed by atoms with E-state index in [-0.39, 0.29) is 0 Å². The Labute approximate surface area is 123 Å². The molecule has 1 aromatic rings. The quantitative estimate of drug-likeness (QED) is 0.766. The molecule has 1 heterocycles. The molecular formula is C17H29NO2. The van der Waals surface area contributed by atoms with Crippen molar-refractivity contribution in [3.05, 3.63) is 24.2 Å².